The lowest BCUT2D eigenvalue weighted by Gasteiger charge is -2.37. The van der Waals surface area contributed by atoms with E-state index in [4.69, 9.17) is 11.3 Å². The van der Waals surface area contributed by atoms with Gasteiger partial charge in [0.1, 0.15) is 5.75 Å². The third kappa shape index (κ3) is 1.70. The van der Waals surface area contributed by atoms with Gasteiger partial charge in [0.05, 0.1) is 12.5 Å². The maximum Gasteiger partial charge on any atom is 0.224 e. The predicted molar refractivity (Wildman–Crippen MR) is 60.0 cm³/mol. The highest BCUT2D eigenvalue weighted by Gasteiger charge is 2.41. The molecule has 2 nitrogen and oxygen atoms in total. The molecule has 2 rings (SSSR count). The predicted octanol–water partition coefficient (Wildman–Crippen LogP) is 3.04. The molecule has 0 aliphatic heterocycles. The Bertz CT molecular complexity index is 371. The number of ether oxygens (including phenoxy) is 1. The second kappa shape index (κ2) is 3.94. The van der Waals surface area contributed by atoms with Crippen LogP contribution in [-0.2, 0) is 5.41 Å². The molecule has 1 aromatic carbocycles. The molecular formula is C13H15NO. The number of benzene rings is 1. The monoisotopic (exact) mass is 201 g/mol. The largest absolute Gasteiger partial charge is 0.497 e. The molecule has 0 amide bonds. The summed E-state index contributed by atoms with van der Waals surface area (Å²) in [6, 6.07) is 8.17. The standard InChI is InChI=1S/C13H15NO/c1-14-10-13(8-3-9-13)11-4-6-12(15-2)7-5-11/h4-7H,3,8-10H2,2H3. The lowest BCUT2D eigenvalue weighted by Crippen LogP contribution is -2.36. The van der Waals surface area contributed by atoms with Crippen LogP contribution in [0.4, 0.5) is 0 Å². The molecule has 1 aliphatic rings. The number of hydrogen-bond donors (Lipinski definition) is 0. The Morgan fingerprint density at radius 1 is 1.33 bits per heavy atom. The van der Waals surface area contributed by atoms with Crippen LogP contribution in [0.3, 0.4) is 0 Å². The van der Waals surface area contributed by atoms with E-state index in [0.29, 0.717) is 6.54 Å². The first-order valence-electron chi connectivity index (χ1n) is 5.28. The summed E-state index contributed by atoms with van der Waals surface area (Å²) in [7, 11) is 1.67. The van der Waals surface area contributed by atoms with E-state index >= 15 is 0 Å². The molecule has 0 bridgehead atoms. The lowest BCUT2D eigenvalue weighted by molar-refractivity contribution is 0.265. The minimum absolute atomic E-state index is 0.147. The molecular weight excluding hydrogens is 186 g/mol. The van der Waals surface area contributed by atoms with Gasteiger partial charge in [0, 0.05) is 0 Å². The van der Waals surface area contributed by atoms with E-state index in [1.807, 2.05) is 12.1 Å². The van der Waals surface area contributed by atoms with Crippen molar-refractivity contribution in [3.8, 4) is 5.75 Å². The molecule has 1 aromatic rings. The van der Waals surface area contributed by atoms with Crippen LogP contribution in [-0.4, -0.2) is 13.7 Å². The van der Waals surface area contributed by atoms with E-state index < -0.39 is 0 Å². The van der Waals surface area contributed by atoms with E-state index in [1.54, 1.807) is 7.11 Å². The van der Waals surface area contributed by atoms with Gasteiger partial charge in [0.25, 0.3) is 0 Å². The number of hydrogen-bond acceptors (Lipinski definition) is 1. The van der Waals surface area contributed by atoms with Crippen molar-refractivity contribution in [3.05, 3.63) is 41.2 Å². The number of rotatable bonds is 3. The molecule has 0 N–H and O–H groups in total. The fraction of sp³-hybridized carbons (Fsp3) is 0.462. The molecule has 0 heterocycles. The van der Waals surface area contributed by atoms with Gasteiger partial charge in [-0.05, 0) is 30.5 Å². The molecule has 78 valence electrons. The maximum atomic E-state index is 7.02. The van der Waals surface area contributed by atoms with Gasteiger partial charge in [-0.1, -0.05) is 18.6 Å². The maximum absolute atomic E-state index is 7.02. The highest BCUT2D eigenvalue weighted by Crippen LogP contribution is 2.44. The van der Waals surface area contributed by atoms with Crippen LogP contribution in [0.25, 0.3) is 4.85 Å². The van der Waals surface area contributed by atoms with Gasteiger partial charge in [0.2, 0.25) is 6.54 Å². The van der Waals surface area contributed by atoms with Crippen LogP contribution in [0.1, 0.15) is 24.8 Å². The SMILES string of the molecule is [C-]#[N+]CC1(c2ccc(OC)cc2)CCC1. The van der Waals surface area contributed by atoms with Gasteiger partial charge in [-0.2, -0.15) is 0 Å². The van der Waals surface area contributed by atoms with Crippen molar-refractivity contribution in [1.29, 1.82) is 0 Å². The van der Waals surface area contributed by atoms with Crippen molar-refractivity contribution in [2.45, 2.75) is 24.7 Å². The molecule has 15 heavy (non-hydrogen) atoms. The summed E-state index contributed by atoms with van der Waals surface area (Å²) >= 11 is 0. The fourth-order valence-electron chi connectivity index (χ4n) is 2.24. The zero-order valence-electron chi connectivity index (χ0n) is 8.99. The fourth-order valence-corrected chi connectivity index (χ4v) is 2.24. The smallest absolute Gasteiger partial charge is 0.224 e. The summed E-state index contributed by atoms with van der Waals surface area (Å²) in [5, 5.41) is 0. The quantitative estimate of drug-likeness (QED) is 0.685. The summed E-state index contributed by atoms with van der Waals surface area (Å²) in [6.07, 6.45) is 3.56. The molecule has 2 heteroatoms. The summed E-state index contributed by atoms with van der Waals surface area (Å²) in [4.78, 5) is 3.57. The molecule has 0 saturated heterocycles. The van der Waals surface area contributed by atoms with Crippen molar-refractivity contribution in [2.75, 3.05) is 13.7 Å². The van der Waals surface area contributed by atoms with Crippen molar-refractivity contribution in [2.24, 2.45) is 0 Å². The van der Waals surface area contributed by atoms with Crippen molar-refractivity contribution < 1.29 is 4.74 Å². The Hall–Kier alpha value is -1.49. The Morgan fingerprint density at radius 3 is 2.40 bits per heavy atom. The molecule has 0 spiro atoms. The normalized spacial score (nSPS) is 17.6. The highest BCUT2D eigenvalue weighted by molar-refractivity contribution is 5.34. The molecule has 1 aliphatic carbocycles. The first kappa shape index (κ1) is 10.0. The second-order valence-corrected chi connectivity index (χ2v) is 4.18. The first-order chi connectivity index (χ1) is 7.30. The second-order valence-electron chi connectivity index (χ2n) is 4.18. The van der Waals surface area contributed by atoms with Gasteiger partial charge >= 0.3 is 0 Å². The van der Waals surface area contributed by atoms with Gasteiger partial charge in [-0.25, -0.2) is 6.57 Å². The Kier molecular flexibility index (Phi) is 2.64. The van der Waals surface area contributed by atoms with Crippen LogP contribution in [0.2, 0.25) is 0 Å². The van der Waals surface area contributed by atoms with Crippen molar-refractivity contribution in [3.63, 3.8) is 0 Å². The highest BCUT2D eigenvalue weighted by atomic mass is 16.5. The average molecular weight is 201 g/mol. The molecule has 0 unspecified atom stereocenters. The van der Waals surface area contributed by atoms with E-state index in [0.717, 1.165) is 18.6 Å². The topological polar surface area (TPSA) is 13.6 Å². The van der Waals surface area contributed by atoms with E-state index in [9.17, 15) is 0 Å². The van der Waals surface area contributed by atoms with E-state index in [2.05, 4.69) is 17.0 Å². The van der Waals surface area contributed by atoms with Crippen molar-refractivity contribution >= 4 is 0 Å². The molecule has 0 radical (unpaired) electrons. The summed E-state index contributed by atoms with van der Waals surface area (Å²) in [6.45, 7) is 7.65. The third-order valence-electron chi connectivity index (χ3n) is 3.39. The average Bonchev–Trinajstić information content (AvgIpc) is 2.24. The summed E-state index contributed by atoms with van der Waals surface area (Å²) in [5.74, 6) is 0.885. The Labute approximate surface area is 90.7 Å². The molecule has 0 aromatic heterocycles. The molecule has 1 saturated carbocycles. The first-order valence-corrected chi connectivity index (χ1v) is 5.28. The van der Waals surface area contributed by atoms with Crippen LogP contribution < -0.4 is 4.74 Å². The van der Waals surface area contributed by atoms with Gasteiger partial charge < -0.3 is 9.58 Å². The van der Waals surface area contributed by atoms with Gasteiger partial charge in [0.15, 0.2) is 0 Å². The van der Waals surface area contributed by atoms with Crippen LogP contribution in [0.15, 0.2) is 24.3 Å². The number of nitrogens with zero attached hydrogens (tertiary/aromatic N) is 1. The van der Waals surface area contributed by atoms with Crippen molar-refractivity contribution in [1.82, 2.24) is 0 Å². The lowest BCUT2D eigenvalue weighted by atomic mass is 9.64. The Balaban J connectivity index is 2.24. The van der Waals surface area contributed by atoms with Gasteiger partial charge in [-0.3, -0.25) is 0 Å². The van der Waals surface area contributed by atoms with E-state index in [1.165, 1.54) is 12.0 Å². The van der Waals surface area contributed by atoms with E-state index in [-0.39, 0.29) is 5.41 Å². The zero-order chi connectivity index (χ0) is 10.7. The minimum Gasteiger partial charge on any atom is -0.497 e. The summed E-state index contributed by atoms with van der Waals surface area (Å²) < 4.78 is 5.13. The Morgan fingerprint density at radius 2 is 2.00 bits per heavy atom. The minimum atomic E-state index is 0.147. The van der Waals surface area contributed by atoms with Crippen LogP contribution in [0.5, 0.6) is 5.75 Å². The molecule has 0 atom stereocenters. The zero-order valence-corrected chi connectivity index (χ0v) is 8.99. The number of methoxy groups -OCH3 is 1. The summed E-state index contributed by atoms with van der Waals surface area (Å²) in [5.41, 5.74) is 1.44. The van der Waals surface area contributed by atoms with Gasteiger partial charge in [-0.15, -0.1) is 0 Å². The molecule has 1 fully saturated rings. The van der Waals surface area contributed by atoms with Crippen LogP contribution in [0, 0.1) is 6.57 Å². The third-order valence-corrected chi connectivity index (χ3v) is 3.39. The van der Waals surface area contributed by atoms with Crippen LogP contribution >= 0.6 is 0 Å².